The van der Waals surface area contributed by atoms with E-state index in [2.05, 4.69) is 25.8 Å². The third-order valence-corrected chi connectivity index (χ3v) is 6.15. The molecule has 3 unspecified atom stereocenters. The summed E-state index contributed by atoms with van der Waals surface area (Å²) in [5, 5.41) is 0. The molecule has 0 aromatic carbocycles. The molecule has 0 aromatic rings. The van der Waals surface area contributed by atoms with E-state index in [0.717, 1.165) is 36.4 Å². The molecule has 2 aliphatic carbocycles. The maximum atomic E-state index is 6.08. The highest BCUT2D eigenvalue weighted by Crippen LogP contribution is 2.37. The van der Waals surface area contributed by atoms with E-state index in [4.69, 9.17) is 5.73 Å². The first-order chi connectivity index (χ1) is 9.65. The highest BCUT2D eigenvalue weighted by molar-refractivity contribution is 4.90. The van der Waals surface area contributed by atoms with Gasteiger partial charge in [0.1, 0.15) is 0 Å². The Balaban J connectivity index is 1.94. The normalized spacial score (nSPS) is 39.1. The maximum Gasteiger partial charge on any atom is 0.0138 e. The molecule has 20 heavy (non-hydrogen) atoms. The molecule has 2 rings (SSSR count). The average Bonchev–Trinajstić information content (AvgIpc) is 2.47. The second kappa shape index (κ2) is 7.79. The molecule has 2 N–H and O–H groups in total. The van der Waals surface area contributed by atoms with Crippen molar-refractivity contribution in [2.45, 2.75) is 83.7 Å². The van der Waals surface area contributed by atoms with Crippen molar-refractivity contribution in [1.82, 2.24) is 4.90 Å². The predicted molar refractivity (Wildman–Crippen MR) is 87.8 cm³/mol. The van der Waals surface area contributed by atoms with Crippen LogP contribution >= 0.6 is 0 Å². The van der Waals surface area contributed by atoms with Gasteiger partial charge in [-0.1, -0.05) is 33.1 Å². The van der Waals surface area contributed by atoms with E-state index >= 15 is 0 Å². The molecule has 0 amide bonds. The summed E-state index contributed by atoms with van der Waals surface area (Å²) in [6.07, 6.45) is 12.6. The first kappa shape index (κ1) is 16.3. The van der Waals surface area contributed by atoms with Gasteiger partial charge in [-0.05, 0) is 69.9 Å². The van der Waals surface area contributed by atoms with Gasteiger partial charge < -0.3 is 10.6 Å². The van der Waals surface area contributed by atoms with E-state index < -0.39 is 0 Å². The molecule has 118 valence electrons. The van der Waals surface area contributed by atoms with Crippen LogP contribution in [0.2, 0.25) is 0 Å². The van der Waals surface area contributed by atoms with Gasteiger partial charge in [0.15, 0.2) is 0 Å². The standard InChI is InChI=1S/C18H36N2/c1-4-5-15-8-9-16(13-19)18(12-15)20(3)17-10-6-14(2)7-11-17/h14-18H,4-13,19H2,1-3H3. The molecular formula is C18H36N2. The van der Waals surface area contributed by atoms with Gasteiger partial charge in [-0.25, -0.2) is 0 Å². The van der Waals surface area contributed by atoms with E-state index in [1.165, 1.54) is 57.8 Å². The minimum Gasteiger partial charge on any atom is -0.330 e. The summed E-state index contributed by atoms with van der Waals surface area (Å²) in [6, 6.07) is 1.58. The number of nitrogens with two attached hydrogens (primary N) is 1. The summed E-state index contributed by atoms with van der Waals surface area (Å²) < 4.78 is 0. The Hall–Kier alpha value is -0.0800. The van der Waals surface area contributed by atoms with Crippen LogP contribution in [-0.2, 0) is 0 Å². The van der Waals surface area contributed by atoms with Gasteiger partial charge >= 0.3 is 0 Å². The number of nitrogens with zero attached hydrogens (tertiary/aromatic N) is 1. The van der Waals surface area contributed by atoms with Crippen molar-refractivity contribution in [3.8, 4) is 0 Å². The Bertz CT molecular complexity index is 271. The first-order valence-corrected chi connectivity index (χ1v) is 9.07. The topological polar surface area (TPSA) is 29.3 Å². The van der Waals surface area contributed by atoms with Crippen LogP contribution in [0.15, 0.2) is 0 Å². The molecule has 2 fully saturated rings. The van der Waals surface area contributed by atoms with Crippen molar-refractivity contribution in [3.05, 3.63) is 0 Å². The largest absolute Gasteiger partial charge is 0.330 e. The van der Waals surface area contributed by atoms with E-state index in [-0.39, 0.29) is 0 Å². The quantitative estimate of drug-likeness (QED) is 0.823. The zero-order valence-corrected chi connectivity index (χ0v) is 14.0. The number of hydrogen-bond acceptors (Lipinski definition) is 2. The first-order valence-electron chi connectivity index (χ1n) is 9.07. The predicted octanol–water partition coefficient (Wildman–Crippen LogP) is 4.04. The van der Waals surface area contributed by atoms with Crippen LogP contribution in [0.5, 0.6) is 0 Å². The number of hydrogen-bond donors (Lipinski definition) is 1. The lowest BCUT2D eigenvalue weighted by atomic mass is 9.75. The summed E-state index contributed by atoms with van der Waals surface area (Å²) in [4.78, 5) is 2.74. The van der Waals surface area contributed by atoms with Gasteiger partial charge in [0.05, 0.1) is 0 Å². The lowest BCUT2D eigenvalue weighted by Crippen LogP contribution is -2.50. The highest BCUT2D eigenvalue weighted by atomic mass is 15.2. The molecular weight excluding hydrogens is 244 g/mol. The Labute approximate surface area is 126 Å². The Kier molecular flexibility index (Phi) is 6.35. The van der Waals surface area contributed by atoms with Crippen molar-refractivity contribution >= 4 is 0 Å². The average molecular weight is 281 g/mol. The SMILES string of the molecule is CCCC1CCC(CN)C(N(C)C2CCC(C)CC2)C1. The Morgan fingerprint density at radius 2 is 1.75 bits per heavy atom. The third-order valence-electron chi connectivity index (χ3n) is 6.15. The smallest absolute Gasteiger partial charge is 0.0138 e. The summed E-state index contributed by atoms with van der Waals surface area (Å²) in [5.74, 6) is 2.65. The van der Waals surface area contributed by atoms with Crippen LogP contribution in [0.25, 0.3) is 0 Å². The van der Waals surface area contributed by atoms with E-state index in [1.54, 1.807) is 0 Å². The summed E-state index contributed by atoms with van der Waals surface area (Å²) >= 11 is 0. The van der Waals surface area contributed by atoms with Crippen LogP contribution in [0.1, 0.15) is 71.6 Å². The second-order valence-corrected chi connectivity index (χ2v) is 7.61. The summed E-state index contributed by atoms with van der Waals surface area (Å²) in [5.41, 5.74) is 6.08. The lowest BCUT2D eigenvalue weighted by Gasteiger charge is -2.45. The maximum absolute atomic E-state index is 6.08. The third kappa shape index (κ3) is 3.98. The fourth-order valence-corrected chi connectivity index (χ4v) is 4.66. The molecule has 2 saturated carbocycles. The minimum atomic E-state index is 0.743. The van der Waals surface area contributed by atoms with Crippen LogP contribution in [0, 0.1) is 17.8 Å². The minimum absolute atomic E-state index is 0.743. The molecule has 2 heteroatoms. The molecule has 0 radical (unpaired) electrons. The van der Waals surface area contributed by atoms with Crippen molar-refractivity contribution in [1.29, 1.82) is 0 Å². The van der Waals surface area contributed by atoms with Crippen molar-refractivity contribution in [2.24, 2.45) is 23.5 Å². The second-order valence-electron chi connectivity index (χ2n) is 7.61. The molecule has 0 aliphatic heterocycles. The van der Waals surface area contributed by atoms with Gasteiger partial charge in [-0.3, -0.25) is 0 Å². The van der Waals surface area contributed by atoms with Gasteiger partial charge in [0.2, 0.25) is 0 Å². The van der Waals surface area contributed by atoms with Crippen molar-refractivity contribution in [2.75, 3.05) is 13.6 Å². The fourth-order valence-electron chi connectivity index (χ4n) is 4.66. The van der Waals surface area contributed by atoms with Crippen LogP contribution in [0.3, 0.4) is 0 Å². The van der Waals surface area contributed by atoms with E-state index in [1.807, 2.05) is 0 Å². The lowest BCUT2D eigenvalue weighted by molar-refractivity contribution is 0.0473. The fraction of sp³-hybridized carbons (Fsp3) is 1.00. The molecule has 0 heterocycles. The number of rotatable bonds is 5. The highest BCUT2D eigenvalue weighted by Gasteiger charge is 2.35. The molecule has 2 nitrogen and oxygen atoms in total. The van der Waals surface area contributed by atoms with Crippen LogP contribution in [0.4, 0.5) is 0 Å². The molecule has 2 aliphatic rings. The van der Waals surface area contributed by atoms with Gasteiger partial charge in [0, 0.05) is 12.1 Å². The monoisotopic (exact) mass is 280 g/mol. The van der Waals surface area contributed by atoms with Gasteiger partial charge in [-0.2, -0.15) is 0 Å². The van der Waals surface area contributed by atoms with Crippen LogP contribution in [-0.4, -0.2) is 30.6 Å². The summed E-state index contributed by atoms with van der Waals surface area (Å²) in [7, 11) is 2.39. The zero-order chi connectivity index (χ0) is 14.5. The van der Waals surface area contributed by atoms with Crippen LogP contribution < -0.4 is 5.73 Å². The molecule has 0 bridgehead atoms. The molecule has 3 atom stereocenters. The molecule has 0 aromatic heterocycles. The van der Waals surface area contributed by atoms with Crippen molar-refractivity contribution < 1.29 is 0 Å². The van der Waals surface area contributed by atoms with E-state index in [9.17, 15) is 0 Å². The van der Waals surface area contributed by atoms with Gasteiger partial charge in [-0.15, -0.1) is 0 Å². The van der Waals surface area contributed by atoms with Gasteiger partial charge in [0.25, 0.3) is 0 Å². The van der Waals surface area contributed by atoms with Crippen molar-refractivity contribution in [3.63, 3.8) is 0 Å². The zero-order valence-electron chi connectivity index (χ0n) is 14.0. The van der Waals surface area contributed by atoms with E-state index in [0.29, 0.717) is 0 Å². The summed E-state index contributed by atoms with van der Waals surface area (Å²) in [6.45, 7) is 5.63. The Morgan fingerprint density at radius 3 is 2.35 bits per heavy atom. The molecule has 0 spiro atoms. The molecule has 0 saturated heterocycles. The Morgan fingerprint density at radius 1 is 1.05 bits per heavy atom.